The van der Waals surface area contributed by atoms with Gasteiger partial charge in [-0.25, -0.2) is 10.3 Å². The molecule has 2 amide bonds. The van der Waals surface area contributed by atoms with E-state index < -0.39 is 12.0 Å². The Labute approximate surface area is 204 Å². The highest BCUT2D eigenvalue weighted by atomic mass is 16.6. The molecule has 0 aliphatic carbocycles. The molecule has 35 heavy (non-hydrogen) atoms. The molecule has 4 rings (SSSR count). The molecular formula is C28H29N3O4. The van der Waals surface area contributed by atoms with Crippen molar-refractivity contribution in [2.75, 3.05) is 11.4 Å². The molecule has 0 aliphatic rings. The van der Waals surface area contributed by atoms with Gasteiger partial charge < -0.3 is 9.72 Å². The number of para-hydroxylation sites is 2. The molecule has 0 saturated heterocycles. The summed E-state index contributed by atoms with van der Waals surface area (Å²) in [4.78, 5) is 29.6. The number of rotatable bonds is 10. The molecule has 3 aromatic carbocycles. The van der Waals surface area contributed by atoms with Crippen molar-refractivity contribution in [3.05, 3.63) is 96.7 Å². The smallest absolute Gasteiger partial charge is 0.410 e. The second-order valence-corrected chi connectivity index (χ2v) is 8.41. The summed E-state index contributed by atoms with van der Waals surface area (Å²) in [5, 5.41) is 10.1. The number of aromatic nitrogens is 1. The Morgan fingerprint density at radius 1 is 0.943 bits per heavy atom. The van der Waals surface area contributed by atoms with Crippen LogP contribution in [-0.2, 0) is 4.79 Å². The topological polar surface area (TPSA) is 94.7 Å². The summed E-state index contributed by atoms with van der Waals surface area (Å²) in [7, 11) is 0. The summed E-state index contributed by atoms with van der Waals surface area (Å²) in [6.45, 7) is 0.461. The number of hydroxylamine groups is 1. The minimum absolute atomic E-state index is 0.0859. The fourth-order valence-corrected chi connectivity index (χ4v) is 4.23. The van der Waals surface area contributed by atoms with Crippen molar-refractivity contribution in [2.24, 2.45) is 0 Å². The molecule has 1 heterocycles. The zero-order chi connectivity index (χ0) is 24.5. The highest BCUT2D eigenvalue weighted by Gasteiger charge is 2.20. The van der Waals surface area contributed by atoms with E-state index in [9.17, 15) is 9.59 Å². The molecule has 1 unspecified atom stereocenters. The first-order valence-electron chi connectivity index (χ1n) is 11.7. The van der Waals surface area contributed by atoms with Gasteiger partial charge in [-0.1, -0.05) is 48.5 Å². The fraction of sp³-hybridized carbons (Fsp3) is 0.214. The van der Waals surface area contributed by atoms with Gasteiger partial charge in [-0.2, -0.15) is 0 Å². The van der Waals surface area contributed by atoms with E-state index in [-0.39, 0.29) is 12.3 Å². The summed E-state index contributed by atoms with van der Waals surface area (Å²) < 4.78 is 5.61. The molecule has 0 saturated carbocycles. The molecule has 0 spiro atoms. The number of fused-ring (bicyclic) bond motifs is 1. The van der Waals surface area contributed by atoms with Crippen molar-refractivity contribution in [3.8, 4) is 5.75 Å². The maximum Gasteiger partial charge on any atom is 0.419 e. The summed E-state index contributed by atoms with van der Waals surface area (Å²) in [5.41, 5.74) is 4.63. The molecule has 7 nitrogen and oxygen atoms in total. The highest BCUT2D eigenvalue weighted by Crippen LogP contribution is 2.29. The number of nitrogens with one attached hydrogen (secondary N) is 2. The van der Waals surface area contributed by atoms with E-state index in [1.807, 2.05) is 60.8 Å². The lowest BCUT2D eigenvalue weighted by atomic mass is 9.89. The summed E-state index contributed by atoms with van der Waals surface area (Å²) >= 11 is 0. The number of aromatic amines is 1. The van der Waals surface area contributed by atoms with E-state index in [1.165, 1.54) is 0 Å². The highest BCUT2D eigenvalue weighted by molar-refractivity contribution is 5.89. The standard InChI is InChI=1S/C28H29N3O4/c32-27(30-34)16-15-21(23-14-13-22-17-18-29-26(22)20-23)8-7-19-31(24-9-3-1-4-10-24)28(33)35-25-11-5-2-6-12-25/h1-6,9-14,17-18,20-21,29,34H,7-8,15-16,19H2,(H,30,32). The lowest BCUT2D eigenvalue weighted by Gasteiger charge is -2.24. The largest absolute Gasteiger partial charge is 0.419 e. The molecular weight excluding hydrogens is 442 g/mol. The minimum Gasteiger partial charge on any atom is -0.410 e. The van der Waals surface area contributed by atoms with E-state index in [4.69, 9.17) is 9.94 Å². The van der Waals surface area contributed by atoms with Crippen LogP contribution in [0.15, 0.2) is 91.1 Å². The molecule has 4 aromatic rings. The average Bonchev–Trinajstić information content (AvgIpc) is 3.37. The normalized spacial score (nSPS) is 11.7. The third-order valence-electron chi connectivity index (χ3n) is 6.07. The molecule has 180 valence electrons. The zero-order valence-electron chi connectivity index (χ0n) is 19.4. The number of benzene rings is 3. The van der Waals surface area contributed by atoms with E-state index in [1.54, 1.807) is 22.5 Å². The summed E-state index contributed by atoms with van der Waals surface area (Å²) in [6.07, 6.45) is 3.71. The van der Waals surface area contributed by atoms with Gasteiger partial charge in [0.1, 0.15) is 5.75 Å². The van der Waals surface area contributed by atoms with Crippen LogP contribution in [0.25, 0.3) is 10.9 Å². The van der Waals surface area contributed by atoms with Crippen molar-refractivity contribution in [3.63, 3.8) is 0 Å². The van der Waals surface area contributed by atoms with Crippen LogP contribution in [0.5, 0.6) is 5.75 Å². The van der Waals surface area contributed by atoms with E-state index in [0.29, 0.717) is 25.1 Å². The zero-order valence-corrected chi connectivity index (χ0v) is 19.4. The lowest BCUT2D eigenvalue weighted by molar-refractivity contribution is -0.129. The van der Waals surface area contributed by atoms with E-state index in [2.05, 4.69) is 23.2 Å². The van der Waals surface area contributed by atoms with Crippen LogP contribution in [0.4, 0.5) is 10.5 Å². The van der Waals surface area contributed by atoms with Gasteiger partial charge in [0, 0.05) is 30.4 Å². The first kappa shape index (κ1) is 24.0. The number of carbonyl (C=O) groups excluding carboxylic acids is 2. The summed E-state index contributed by atoms with van der Waals surface area (Å²) in [6, 6.07) is 26.7. The van der Waals surface area contributed by atoms with Crippen LogP contribution in [-0.4, -0.2) is 28.7 Å². The third-order valence-corrected chi connectivity index (χ3v) is 6.07. The quantitative estimate of drug-likeness (QED) is 0.195. The minimum atomic E-state index is -0.439. The van der Waals surface area contributed by atoms with Crippen LogP contribution in [0.1, 0.15) is 37.2 Å². The van der Waals surface area contributed by atoms with E-state index >= 15 is 0 Å². The maximum absolute atomic E-state index is 13.0. The van der Waals surface area contributed by atoms with Crippen LogP contribution >= 0.6 is 0 Å². The summed E-state index contributed by atoms with van der Waals surface area (Å²) in [5.74, 6) is 0.168. The number of hydrogen-bond donors (Lipinski definition) is 3. The molecule has 7 heteroatoms. The molecule has 1 aromatic heterocycles. The number of carbonyl (C=O) groups is 2. The lowest BCUT2D eigenvalue weighted by Crippen LogP contribution is -2.34. The van der Waals surface area contributed by atoms with Gasteiger partial charge in [0.2, 0.25) is 5.91 Å². The number of ether oxygens (including phenoxy) is 1. The predicted molar refractivity (Wildman–Crippen MR) is 136 cm³/mol. The number of nitrogens with zero attached hydrogens (tertiary/aromatic N) is 1. The van der Waals surface area contributed by atoms with Crippen LogP contribution in [0.3, 0.4) is 0 Å². The Morgan fingerprint density at radius 3 is 2.43 bits per heavy atom. The Balaban J connectivity index is 1.47. The molecule has 1 atom stereocenters. The van der Waals surface area contributed by atoms with Crippen LogP contribution in [0.2, 0.25) is 0 Å². The van der Waals surface area contributed by atoms with Gasteiger partial charge in [-0.15, -0.1) is 0 Å². The SMILES string of the molecule is O=C(CCC(CCCN(C(=O)Oc1ccccc1)c1ccccc1)c1ccc2cc[nH]c2c1)NO. The Bertz CT molecular complexity index is 1240. The number of amides is 2. The van der Waals surface area contributed by atoms with Crippen molar-refractivity contribution < 1.29 is 19.5 Å². The van der Waals surface area contributed by atoms with Gasteiger partial charge in [0.15, 0.2) is 0 Å². The number of hydrogen-bond acceptors (Lipinski definition) is 4. The average molecular weight is 472 g/mol. The van der Waals surface area contributed by atoms with E-state index in [0.717, 1.165) is 28.6 Å². The van der Waals surface area contributed by atoms with Gasteiger partial charge in [-0.3, -0.25) is 14.9 Å². The third kappa shape index (κ3) is 6.49. The molecule has 0 aliphatic heterocycles. The second kappa shape index (κ2) is 11.9. The van der Waals surface area contributed by atoms with Crippen molar-refractivity contribution in [1.29, 1.82) is 0 Å². The Hall–Kier alpha value is -4.10. The van der Waals surface area contributed by atoms with Gasteiger partial charge in [0.25, 0.3) is 0 Å². The molecule has 0 radical (unpaired) electrons. The van der Waals surface area contributed by atoms with Gasteiger partial charge in [0.05, 0.1) is 0 Å². The monoisotopic (exact) mass is 471 g/mol. The first-order chi connectivity index (χ1) is 17.1. The first-order valence-corrected chi connectivity index (χ1v) is 11.7. The van der Waals surface area contributed by atoms with Crippen LogP contribution in [0, 0.1) is 0 Å². The molecule has 3 N–H and O–H groups in total. The number of anilines is 1. The van der Waals surface area contributed by atoms with Crippen molar-refractivity contribution >= 4 is 28.6 Å². The molecule has 0 fully saturated rings. The van der Waals surface area contributed by atoms with Gasteiger partial charge >= 0.3 is 6.09 Å². The number of H-pyrrole nitrogens is 1. The van der Waals surface area contributed by atoms with Crippen molar-refractivity contribution in [1.82, 2.24) is 10.5 Å². The van der Waals surface area contributed by atoms with Crippen molar-refractivity contribution in [2.45, 2.75) is 31.6 Å². The van der Waals surface area contributed by atoms with Crippen LogP contribution < -0.4 is 15.1 Å². The Kier molecular flexibility index (Phi) is 8.14. The maximum atomic E-state index is 13.0. The molecule has 0 bridgehead atoms. The fourth-order valence-electron chi connectivity index (χ4n) is 4.23. The Morgan fingerprint density at radius 2 is 1.69 bits per heavy atom. The second-order valence-electron chi connectivity index (χ2n) is 8.41. The predicted octanol–water partition coefficient (Wildman–Crippen LogP) is 6.02. The van der Waals surface area contributed by atoms with Gasteiger partial charge in [-0.05, 0) is 72.5 Å².